The zero-order valence-corrected chi connectivity index (χ0v) is 17.6. The fourth-order valence-electron chi connectivity index (χ4n) is 2.94. The molecule has 0 saturated heterocycles. The summed E-state index contributed by atoms with van der Waals surface area (Å²) >= 11 is 0. The highest BCUT2D eigenvalue weighted by atomic mass is 16.2. The minimum Gasteiger partial charge on any atom is -0.377 e. The molecule has 0 heterocycles. The molecule has 3 amide bonds. The van der Waals surface area contributed by atoms with E-state index >= 15 is 0 Å². The van der Waals surface area contributed by atoms with Crippen molar-refractivity contribution in [1.82, 2.24) is 10.2 Å². The molecule has 27 heavy (non-hydrogen) atoms. The zero-order chi connectivity index (χ0) is 20.2. The number of hydrogen-bond donors (Lipinski definition) is 2. The van der Waals surface area contributed by atoms with Gasteiger partial charge in [-0.2, -0.15) is 0 Å². The standard InChI is InChI=1S/C21H34N4O2/c1-7-12-25(20(27)23-21(2,3)4)14-16-13-17(10-11-18(16)24(5)6)22-19(26)15-8-9-15/h10-11,13,15H,7-9,12,14H2,1-6H3,(H,22,26)(H,23,27). The van der Waals surface area contributed by atoms with Gasteiger partial charge < -0.3 is 20.4 Å². The molecule has 1 aliphatic carbocycles. The molecule has 1 aliphatic rings. The van der Waals surface area contributed by atoms with Gasteiger partial charge in [-0.25, -0.2) is 4.79 Å². The number of rotatable bonds is 7. The van der Waals surface area contributed by atoms with E-state index in [4.69, 9.17) is 0 Å². The summed E-state index contributed by atoms with van der Waals surface area (Å²) in [4.78, 5) is 28.7. The molecule has 0 bridgehead atoms. The number of anilines is 2. The van der Waals surface area contributed by atoms with Crippen molar-refractivity contribution in [3.63, 3.8) is 0 Å². The third-order valence-electron chi connectivity index (χ3n) is 4.40. The molecule has 150 valence electrons. The maximum Gasteiger partial charge on any atom is 0.318 e. The van der Waals surface area contributed by atoms with Crippen LogP contribution in [0.5, 0.6) is 0 Å². The number of nitrogens with zero attached hydrogens (tertiary/aromatic N) is 2. The van der Waals surface area contributed by atoms with Crippen molar-refractivity contribution in [2.75, 3.05) is 30.9 Å². The van der Waals surface area contributed by atoms with Gasteiger partial charge in [0, 0.05) is 50.0 Å². The van der Waals surface area contributed by atoms with Gasteiger partial charge in [0.1, 0.15) is 0 Å². The van der Waals surface area contributed by atoms with Crippen LogP contribution in [-0.2, 0) is 11.3 Å². The summed E-state index contributed by atoms with van der Waals surface area (Å²) in [6.07, 6.45) is 2.84. The van der Waals surface area contributed by atoms with Crippen molar-refractivity contribution in [3.8, 4) is 0 Å². The highest BCUT2D eigenvalue weighted by Gasteiger charge is 2.29. The first-order valence-electron chi connectivity index (χ1n) is 9.79. The predicted octanol–water partition coefficient (Wildman–Crippen LogP) is 3.82. The summed E-state index contributed by atoms with van der Waals surface area (Å²) in [7, 11) is 3.97. The Balaban J connectivity index is 2.22. The average molecular weight is 375 g/mol. The van der Waals surface area contributed by atoms with Crippen LogP contribution in [0.4, 0.5) is 16.2 Å². The summed E-state index contributed by atoms with van der Waals surface area (Å²) < 4.78 is 0. The first-order valence-corrected chi connectivity index (χ1v) is 9.79. The van der Waals surface area contributed by atoms with Crippen LogP contribution in [0, 0.1) is 5.92 Å². The largest absolute Gasteiger partial charge is 0.377 e. The number of nitrogens with one attached hydrogen (secondary N) is 2. The molecule has 0 unspecified atom stereocenters. The zero-order valence-electron chi connectivity index (χ0n) is 17.6. The quantitative estimate of drug-likeness (QED) is 0.762. The Morgan fingerprint density at radius 2 is 1.85 bits per heavy atom. The number of hydrogen-bond acceptors (Lipinski definition) is 3. The average Bonchev–Trinajstić information content (AvgIpc) is 3.37. The van der Waals surface area contributed by atoms with Crippen LogP contribution < -0.4 is 15.5 Å². The molecule has 0 aliphatic heterocycles. The van der Waals surface area contributed by atoms with Crippen molar-refractivity contribution >= 4 is 23.3 Å². The lowest BCUT2D eigenvalue weighted by atomic mass is 10.1. The normalized spacial score (nSPS) is 13.9. The first kappa shape index (κ1) is 21.1. The van der Waals surface area contributed by atoms with E-state index in [-0.39, 0.29) is 23.4 Å². The number of carbonyl (C=O) groups is 2. The minimum atomic E-state index is -0.284. The molecule has 1 saturated carbocycles. The summed E-state index contributed by atoms with van der Waals surface area (Å²) in [5, 5.41) is 6.05. The van der Waals surface area contributed by atoms with Gasteiger partial charge in [-0.3, -0.25) is 4.79 Å². The van der Waals surface area contributed by atoms with Gasteiger partial charge in [0.15, 0.2) is 0 Å². The highest BCUT2D eigenvalue weighted by molar-refractivity contribution is 5.94. The van der Waals surface area contributed by atoms with Gasteiger partial charge in [0.25, 0.3) is 0 Å². The second-order valence-electron chi connectivity index (χ2n) is 8.60. The lowest BCUT2D eigenvalue weighted by Gasteiger charge is -2.30. The molecular formula is C21H34N4O2. The molecule has 0 atom stereocenters. The molecule has 2 N–H and O–H groups in total. The second-order valence-corrected chi connectivity index (χ2v) is 8.60. The maximum atomic E-state index is 12.7. The molecule has 6 nitrogen and oxygen atoms in total. The summed E-state index contributed by atoms with van der Waals surface area (Å²) in [6.45, 7) is 9.18. The SMILES string of the molecule is CCCN(Cc1cc(NC(=O)C2CC2)ccc1N(C)C)C(=O)NC(C)(C)C. The van der Waals surface area contributed by atoms with Crippen LogP contribution in [-0.4, -0.2) is 43.0 Å². The van der Waals surface area contributed by atoms with Gasteiger partial charge in [-0.1, -0.05) is 6.92 Å². The Morgan fingerprint density at radius 1 is 1.19 bits per heavy atom. The number of benzene rings is 1. The third kappa shape index (κ3) is 6.45. The fourth-order valence-corrected chi connectivity index (χ4v) is 2.94. The fraction of sp³-hybridized carbons (Fsp3) is 0.619. The first-order chi connectivity index (χ1) is 12.6. The van der Waals surface area contributed by atoms with Gasteiger partial charge in [-0.15, -0.1) is 0 Å². The van der Waals surface area contributed by atoms with Crippen LogP contribution in [0.3, 0.4) is 0 Å². The van der Waals surface area contributed by atoms with Crippen LogP contribution in [0.15, 0.2) is 18.2 Å². The summed E-state index contributed by atoms with van der Waals surface area (Å²) in [5.41, 5.74) is 2.57. The van der Waals surface area contributed by atoms with Gasteiger partial charge in [-0.05, 0) is 63.8 Å². The van der Waals surface area contributed by atoms with E-state index in [2.05, 4.69) is 17.6 Å². The molecule has 6 heteroatoms. The molecule has 1 aromatic rings. The van der Waals surface area contributed by atoms with E-state index in [1.54, 1.807) is 0 Å². The van der Waals surface area contributed by atoms with Crippen molar-refractivity contribution in [1.29, 1.82) is 0 Å². The molecule has 0 spiro atoms. The molecule has 0 radical (unpaired) electrons. The molecule has 2 rings (SSSR count). The third-order valence-corrected chi connectivity index (χ3v) is 4.40. The van der Waals surface area contributed by atoms with Crippen molar-refractivity contribution in [3.05, 3.63) is 23.8 Å². The number of amides is 3. The lowest BCUT2D eigenvalue weighted by molar-refractivity contribution is -0.117. The highest BCUT2D eigenvalue weighted by Crippen LogP contribution is 2.31. The summed E-state index contributed by atoms with van der Waals surface area (Å²) in [6, 6.07) is 5.85. The van der Waals surface area contributed by atoms with Crippen molar-refractivity contribution in [2.45, 2.75) is 59.0 Å². The van der Waals surface area contributed by atoms with Crippen LogP contribution in [0.2, 0.25) is 0 Å². The van der Waals surface area contributed by atoms with E-state index in [9.17, 15) is 9.59 Å². The predicted molar refractivity (Wildman–Crippen MR) is 111 cm³/mol. The molecule has 0 aromatic heterocycles. The van der Waals surface area contributed by atoms with E-state index in [0.717, 1.165) is 36.2 Å². The van der Waals surface area contributed by atoms with Gasteiger partial charge in [0.2, 0.25) is 5.91 Å². The molecule has 1 fully saturated rings. The van der Waals surface area contributed by atoms with Gasteiger partial charge in [0.05, 0.1) is 0 Å². The van der Waals surface area contributed by atoms with E-state index < -0.39 is 0 Å². The van der Waals surface area contributed by atoms with Crippen LogP contribution in [0.25, 0.3) is 0 Å². The van der Waals surface area contributed by atoms with Crippen LogP contribution >= 0.6 is 0 Å². The lowest BCUT2D eigenvalue weighted by Crippen LogP contribution is -2.48. The Hall–Kier alpha value is -2.24. The van der Waals surface area contributed by atoms with Crippen LogP contribution in [0.1, 0.15) is 52.5 Å². The Bertz CT molecular complexity index is 675. The monoisotopic (exact) mass is 374 g/mol. The Labute approximate surface area is 163 Å². The van der Waals surface area contributed by atoms with Gasteiger partial charge >= 0.3 is 6.03 Å². The Kier molecular flexibility index (Phi) is 6.73. The summed E-state index contributed by atoms with van der Waals surface area (Å²) in [5.74, 6) is 0.255. The van der Waals surface area contributed by atoms with Crippen molar-refractivity contribution < 1.29 is 9.59 Å². The molecule has 1 aromatic carbocycles. The topological polar surface area (TPSA) is 64.7 Å². The number of carbonyl (C=O) groups excluding carboxylic acids is 2. The van der Waals surface area contributed by atoms with E-state index in [1.807, 2.05) is 62.9 Å². The van der Waals surface area contributed by atoms with E-state index in [0.29, 0.717) is 13.1 Å². The maximum absolute atomic E-state index is 12.7. The van der Waals surface area contributed by atoms with Crippen molar-refractivity contribution in [2.24, 2.45) is 5.92 Å². The number of urea groups is 1. The smallest absolute Gasteiger partial charge is 0.318 e. The van der Waals surface area contributed by atoms with E-state index in [1.165, 1.54) is 0 Å². The second kappa shape index (κ2) is 8.63. The minimum absolute atomic E-state index is 0.0681. The Morgan fingerprint density at radius 3 is 2.37 bits per heavy atom. The molecular weight excluding hydrogens is 340 g/mol.